The summed E-state index contributed by atoms with van der Waals surface area (Å²) in [7, 11) is 4.12. The summed E-state index contributed by atoms with van der Waals surface area (Å²) in [6, 6.07) is 8.86. The molecule has 0 saturated carbocycles. The van der Waals surface area contributed by atoms with Gasteiger partial charge in [0.2, 0.25) is 0 Å². The Labute approximate surface area is 127 Å². The van der Waals surface area contributed by atoms with Gasteiger partial charge in [-0.3, -0.25) is 0 Å². The van der Waals surface area contributed by atoms with E-state index < -0.39 is 0 Å². The summed E-state index contributed by atoms with van der Waals surface area (Å²) in [4.78, 5) is 6.68. The number of nitrogens with one attached hydrogen (secondary N) is 1. The normalized spacial score (nSPS) is 12.4. The van der Waals surface area contributed by atoms with Crippen LogP contribution in [0.25, 0.3) is 0 Å². The predicted octanol–water partition coefficient (Wildman–Crippen LogP) is 3.06. The number of hydrogen-bond acceptors (Lipinski definition) is 3. The van der Waals surface area contributed by atoms with Crippen molar-refractivity contribution in [2.24, 2.45) is 0 Å². The average Bonchev–Trinajstić information content (AvgIpc) is 2.96. The van der Waals surface area contributed by atoms with E-state index in [2.05, 4.69) is 72.0 Å². The van der Waals surface area contributed by atoms with Crippen LogP contribution in [0.2, 0.25) is 0 Å². The molecule has 2 aromatic rings. The third-order valence-corrected chi connectivity index (χ3v) is 3.69. The second kappa shape index (κ2) is 7.27. The van der Waals surface area contributed by atoms with Crippen molar-refractivity contribution in [1.29, 1.82) is 0 Å². The molecule has 1 unspecified atom stereocenters. The molecule has 2 rings (SSSR count). The summed E-state index contributed by atoms with van der Waals surface area (Å²) < 4.78 is 2.20. The lowest BCUT2D eigenvalue weighted by Crippen LogP contribution is -2.26. The SMILES string of the molecule is CCCNC(c1ccc(N(C)C)cc1)c1nccn1CC. The second-order valence-corrected chi connectivity index (χ2v) is 5.44. The first-order chi connectivity index (χ1) is 10.2. The quantitative estimate of drug-likeness (QED) is 0.849. The maximum atomic E-state index is 4.56. The molecule has 21 heavy (non-hydrogen) atoms. The monoisotopic (exact) mass is 286 g/mol. The van der Waals surface area contributed by atoms with Crippen molar-refractivity contribution in [2.75, 3.05) is 25.5 Å². The van der Waals surface area contributed by atoms with Gasteiger partial charge in [-0.25, -0.2) is 4.98 Å². The minimum Gasteiger partial charge on any atom is -0.378 e. The molecule has 0 aliphatic heterocycles. The molecule has 0 bridgehead atoms. The van der Waals surface area contributed by atoms with Gasteiger partial charge in [0, 0.05) is 38.7 Å². The first-order valence-electron chi connectivity index (χ1n) is 7.69. The highest BCUT2D eigenvalue weighted by Crippen LogP contribution is 2.23. The lowest BCUT2D eigenvalue weighted by molar-refractivity contribution is 0.541. The van der Waals surface area contributed by atoms with Gasteiger partial charge in [-0.05, 0) is 37.6 Å². The molecule has 1 aromatic heterocycles. The van der Waals surface area contributed by atoms with Crippen LogP contribution in [0, 0.1) is 0 Å². The average molecular weight is 286 g/mol. The highest BCUT2D eigenvalue weighted by molar-refractivity contribution is 5.47. The molecule has 1 atom stereocenters. The Morgan fingerprint density at radius 1 is 1.19 bits per heavy atom. The molecule has 0 fully saturated rings. The number of hydrogen-bond donors (Lipinski definition) is 1. The number of rotatable bonds is 7. The molecule has 1 N–H and O–H groups in total. The van der Waals surface area contributed by atoms with E-state index in [0.29, 0.717) is 0 Å². The zero-order chi connectivity index (χ0) is 15.2. The van der Waals surface area contributed by atoms with E-state index in [9.17, 15) is 0 Å². The third kappa shape index (κ3) is 3.64. The van der Waals surface area contributed by atoms with Crippen LogP contribution in [0.15, 0.2) is 36.7 Å². The number of anilines is 1. The summed E-state index contributed by atoms with van der Waals surface area (Å²) >= 11 is 0. The van der Waals surface area contributed by atoms with Gasteiger partial charge < -0.3 is 14.8 Å². The van der Waals surface area contributed by atoms with Gasteiger partial charge in [0.15, 0.2) is 0 Å². The Bertz CT molecular complexity index is 542. The lowest BCUT2D eigenvalue weighted by atomic mass is 10.1. The molecule has 4 nitrogen and oxygen atoms in total. The van der Waals surface area contributed by atoms with Crippen molar-refractivity contribution < 1.29 is 0 Å². The molecule has 0 spiro atoms. The van der Waals surface area contributed by atoms with Gasteiger partial charge in [0.25, 0.3) is 0 Å². The van der Waals surface area contributed by atoms with E-state index in [1.165, 1.54) is 11.3 Å². The van der Waals surface area contributed by atoms with Crippen LogP contribution in [0.4, 0.5) is 5.69 Å². The predicted molar refractivity (Wildman–Crippen MR) is 88.8 cm³/mol. The summed E-state index contributed by atoms with van der Waals surface area (Å²) in [6.45, 7) is 6.26. The summed E-state index contributed by atoms with van der Waals surface area (Å²) in [5.41, 5.74) is 2.47. The number of aromatic nitrogens is 2. The molecule has 0 saturated heterocycles. The van der Waals surface area contributed by atoms with E-state index in [-0.39, 0.29) is 6.04 Å². The van der Waals surface area contributed by atoms with Gasteiger partial charge in [-0.15, -0.1) is 0 Å². The van der Waals surface area contributed by atoms with Crippen molar-refractivity contribution in [3.63, 3.8) is 0 Å². The zero-order valence-corrected chi connectivity index (χ0v) is 13.5. The maximum Gasteiger partial charge on any atom is 0.130 e. The van der Waals surface area contributed by atoms with E-state index in [0.717, 1.165) is 25.3 Å². The van der Waals surface area contributed by atoms with Crippen molar-refractivity contribution in [1.82, 2.24) is 14.9 Å². The first kappa shape index (κ1) is 15.6. The fraction of sp³-hybridized carbons (Fsp3) is 0.471. The Hall–Kier alpha value is -1.81. The van der Waals surface area contributed by atoms with Crippen LogP contribution in [0.1, 0.15) is 37.7 Å². The first-order valence-corrected chi connectivity index (χ1v) is 7.69. The maximum absolute atomic E-state index is 4.56. The molecule has 4 heteroatoms. The molecule has 1 aromatic carbocycles. The highest BCUT2D eigenvalue weighted by atomic mass is 15.1. The second-order valence-electron chi connectivity index (χ2n) is 5.44. The van der Waals surface area contributed by atoms with Crippen molar-refractivity contribution in [3.8, 4) is 0 Å². The zero-order valence-electron chi connectivity index (χ0n) is 13.5. The van der Waals surface area contributed by atoms with E-state index in [4.69, 9.17) is 0 Å². The minimum atomic E-state index is 0.149. The number of aryl methyl sites for hydroxylation is 1. The summed E-state index contributed by atoms with van der Waals surface area (Å²) in [5, 5.41) is 3.61. The highest BCUT2D eigenvalue weighted by Gasteiger charge is 2.18. The molecule has 0 radical (unpaired) electrons. The van der Waals surface area contributed by atoms with Gasteiger partial charge in [-0.1, -0.05) is 19.1 Å². The van der Waals surface area contributed by atoms with Crippen molar-refractivity contribution in [3.05, 3.63) is 48.0 Å². The van der Waals surface area contributed by atoms with Gasteiger partial charge >= 0.3 is 0 Å². The fourth-order valence-electron chi connectivity index (χ4n) is 2.46. The van der Waals surface area contributed by atoms with Crippen LogP contribution in [0.5, 0.6) is 0 Å². The Kier molecular flexibility index (Phi) is 5.39. The number of nitrogens with zero attached hydrogens (tertiary/aromatic N) is 3. The molecule has 0 aliphatic rings. The van der Waals surface area contributed by atoms with Crippen LogP contribution < -0.4 is 10.2 Å². The molecule has 114 valence electrons. The molecular formula is C17H26N4. The molecule has 0 aliphatic carbocycles. The Balaban J connectivity index is 2.31. The van der Waals surface area contributed by atoms with Gasteiger partial charge in [-0.2, -0.15) is 0 Å². The van der Waals surface area contributed by atoms with Crippen LogP contribution >= 0.6 is 0 Å². The number of imidazole rings is 1. The van der Waals surface area contributed by atoms with Gasteiger partial charge in [0.05, 0.1) is 6.04 Å². The Morgan fingerprint density at radius 3 is 2.48 bits per heavy atom. The minimum absolute atomic E-state index is 0.149. The largest absolute Gasteiger partial charge is 0.378 e. The standard InChI is InChI=1S/C17H26N4/c1-5-11-18-16(17-19-12-13-21(17)6-2)14-7-9-15(10-8-14)20(3)4/h7-10,12-13,16,18H,5-6,11H2,1-4H3. The summed E-state index contributed by atoms with van der Waals surface area (Å²) in [6.07, 6.45) is 5.04. The van der Waals surface area contributed by atoms with E-state index in [1.54, 1.807) is 0 Å². The fourth-order valence-corrected chi connectivity index (χ4v) is 2.46. The van der Waals surface area contributed by atoms with Gasteiger partial charge in [0.1, 0.15) is 5.82 Å². The van der Waals surface area contributed by atoms with Crippen LogP contribution in [0.3, 0.4) is 0 Å². The summed E-state index contributed by atoms with van der Waals surface area (Å²) in [5.74, 6) is 1.09. The molecular weight excluding hydrogens is 260 g/mol. The lowest BCUT2D eigenvalue weighted by Gasteiger charge is -2.21. The Morgan fingerprint density at radius 2 is 1.90 bits per heavy atom. The van der Waals surface area contributed by atoms with Crippen molar-refractivity contribution >= 4 is 5.69 Å². The van der Waals surface area contributed by atoms with Crippen molar-refractivity contribution in [2.45, 2.75) is 32.9 Å². The van der Waals surface area contributed by atoms with Crippen LogP contribution in [-0.2, 0) is 6.54 Å². The smallest absolute Gasteiger partial charge is 0.130 e. The van der Waals surface area contributed by atoms with E-state index >= 15 is 0 Å². The number of benzene rings is 1. The topological polar surface area (TPSA) is 33.1 Å². The van der Waals surface area contributed by atoms with Crippen LogP contribution in [-0.4, -0.2) is 30.2 Å². The van der Waals surface area contributed by atoms with E-state index in [1.807, 2.05) is 12.4 Å². The molecule has 1 heterocycles. The third-order valence-electron chi connectivity index (χ3n) is 3.69. The molecule has 0 amide bonds.